The fourth-order valence-electron chi connectivity index (χ4n) is 4.26. The van der Waals surface area contributed by atoms with E-state index >= 15 is 0 Å². The molecule has 0 radical (unpaired) electrons. The van der Waals surface area contributed by atoms with Crippen molar-refractivity contribution in [3.8, 4) is 5.75 Å². The third kappa shape index (κ3) is 5.94. The molecule has 29 heavy (non-hydrogen) atoms. The second kappa shape index (κ2) is 9.14. The lowest BCUT2D eigenvalue weighted by molar-refractivity contribution is -0.276. The van der Waals surface area contributed by atoms with Gasteiger partial charge in [0.2, 0.25) is 5.75 Å². The molecule has 1 saturated carbocycles. The molecule has 0 heterocycles. The molecule has 0 aliphatic heterocycles. The molecule has 2 aromatic carbocycles. The fourth-order valence-corrected chi connectivity index (χ4v) is 4.26. The van der Waals surface area contributed by atoms with Crippen LogP contribution in [0.3, 0.4) is 0 Å². The van der Waals surface area contributed by atoms with Gasteiger partial charge in [-0.15, -0.1) is 13.2 Å². The third-order valence-corrected chi connectivity index (χ3v) is 5.68. The van der Waals surface area contributed by atoms with E-state index in [2.05, 4.69) is 11.7 Å². The Kier molecular flexibility index (Phi) is 6.81. The average molecular weight is 412 g/mol. The zero-order valence-electron chi connectivity index (χ0n) is 16.4. The highest BCUT2D eigenvalue weighted by atomic mass is 19.4. The van der Waals surface area contributed by atoms with Crippen LogP contribution in [-0.4, -0.2) is 6.36 Å². The van der Waals surface area contributed by atoms with E-state index < -0.39 is 23.7 Å². The van der Waals surface area contributed by atoms with Crippen molar-refractivity contribution in [2.24, 2.45) is 5.92 Å². The van der Waals surface area contributed by atoms with Crippen molar-refractivity contribution >= 4 is 0 Å². The summed E-state index contributed by atoms with van der Waals surface area (Å²) in [6, 6.07) is 9.70. The van der Waals surface area contributed by atoms with E-state index in [1.165, 1.54) is 44.1 Å². The molecule has 1 aliphatic carbocycles. The second-order valence-electron chi connectivity index (χ2n) is 7.86. The molecule has 0 amide bonds. The largest absolute Gasteiger partial charge is 0.573 e. The normalized spacial score (nSPS) is 19.9. The molecule has 0 N–H and O–H groups in total. The smallest absolute Gasteiger partial charge is 0.399 e. The van der Waals surface area contributed by atoms with Crippen LogP contribution >= 0.6 is 0 Å². The summed E-state index contributed by atoms with van der Waals surface area (Å²) in [6.07, 6.45) is 2.48. The molecule has 0 atom stereocenters. The second-order valence-corrected chi connectivity index (χ2v) is 7.86. The van der Waals surface area contributed by atoms with E-state index in [1.807, 2.05) is 24.3 Å². The number of benzene rings is 2. The Balaban J connectivity index is 1.64. The quantitative estimate of drug-likeness (QED) is 0.446. The first-order valence-corrected chi connectivity index (χ1v) is 10.1. The van der Waals surface area contributed by atoms with Crippen molar-refractivity contribution in [2.75, 3.05) is 0 Å². The van der Waals surface area contributed by atoms with Crippen molar-refractivity contribution in [3.05, 3.63) is 64.7 Å². The summed E-state index contributed by atoms with van der Waals surface area (Å²) < 4.78 is 67.9. The highest BCUT2D eigenvalue weighted by Crippen LogP contribution is 2.37. The molecule has 0 spiro atoms. The number of rotatable bonds is 6. The first kappa shape index (κ1) is 21.6. The Hall–Kier alpha value is -2.11. The van der Waals surface area contributed by atoms with Gasteiger partial charge in [0.25, 0.3) is 0 Å². The van der Waals surface area contributed by atoms with Gasteiger partial charge in [-0.3, -0.25) is 0 Å². The summed E-state index contributed by atoms with van der Waals surface area (Å²) in [7, 11) is 0. The maximum absolute atomic E-state index is 13.9. The summed E-state index contributed by atoms with van der Waals surface area (Å²) in [5.74, 6) is -2.76. The number of ether oxygens (including phenoxy) is 1. The predicted molar refractivity (Wildman–Crippen MR) is 102 cm³/mol. The van der Waals surface area contributed by atoms with Crippen LogP contribution in [-0.2, 0) is 6.42 Å². The number of alkyl halides is 3. The molecular formula is C23H25F5O. The Morgan fingerprint density at radius 1 is 0.897 bits per heavy atom. The molecule has 1 fully saturated rings. The summed E-state index contributed by atoms with van der Waals surface area (Å²) in [4.78, 5) is 0. The Bertz CT molecular complexity index is 782. The zero-order chi connectivity index (χ0) is 21.0. The Morgan fingerprint density at radius 3 is 2.00 bits per heavy atom. The van der Waals surface area contributed by atoms with Crippen molar-refractivity contribution < 1.29 is 26.7 Å². The van der Waals surface area contributed by atoms with Crippen molar-refractivity contribution in [2.45, 2.75) is 64.1 Å². The number of halogens is 5. The van der Waals surface area contributed by atoms with Crippen LogP contribution in [0, 0.1) is 17.6 Å². The number of hydrogen-bond donors (Lipinski definition) is 0. The summed E-state index contributed by atoms with van der Waals surface area (Å²) in [5.41, 5.74) is 2.37. The molecule has 0 aromatic heterocycles. The molecule has 1 nitrogen and oxygen atoms in total. The van der Waals surface area contributed by atoms with Crippen LogP contribution in [0.15, 0.2) is 36.4 Å². The molecule has 2 aromatic rings. The van der Waals surface area contributed by atoms with Crippen LogP contribution in [0.25, 0.3) is 0 Å². The molecule has 6 heteroatoms. The zero-order valence-corrected chi connectivity index (χ0v) is 16.4. The lowest BCUT2D eigenvalue weighted by atomic mass is 9.77. The third-order valence-electron chi connectivity index (χ3n) is 5.68. The average Bonchev–Trinajstić information content (AvgIpc) is 2.66. The van der Waals surface area contributed by atoms with Gasteiger partial charge in [-0.05, 0) is 72.8 Å². The highest BCUT2D eigenvalue weighted by Gasteiger charge is 2.34. The standard InChI is InChI=1S/C23H25F5O/c1-2-3-15-4-8-18(9-5-15)19-10-6-16(7-11-19)12-17-13-20(24)22(21(25)14-17)29-23(26,27)28/h6-7,10-11,13-15,18H,2-5,8-9,12H2,1H3. The monoisotopic (exact) mass is 412 g/mol. The van der Waals surface area contributed by atoms with Gasteiger partial charge in [0.15, 0.2) is 11.6 Å². The molecular weight excluding hydrogens is 387 g/mol. The summed E-state index contributed by atoms with van der Waals surface area (Å²) >= 11 is 0. The molecule has 0 saturated heterocycles. The highest BCUT2D eigenvalue weighted by molar-refractivity contribution is 5.35. The molecule has 158 valence electrons. The van der Waals surface area contributed by atoms with Crippen molar-refractivity contribution in [1.29, 1.82) is 0 Å². The first-order chi connectivity index (χ1) is 13.7. The summed E-state index contributed by atoms with van der Waals surface area (Å²) in [6.45, 7) is 2.22. The SMILES string of the molecule is CCCC1CCC(c2ccc(Cc3cc(F)c(OC(F)(F)F)c(F)c3)cc2)CC1. The first-order valence-electron chi connectivity index (χ1n) is 10.1. The summed E-state index contributed by atoms with van der Waals surface area (Å²) in [5, 5.41) is 0. The predicted octanol–water partition coefficient (Wildman–Crippen LogP) is 7.53. The lowest BCUT2D eigenvalue weighted by Crippen LogP contribution is -2.19. The van der Waals surface area contributed by atoms with Crippen LogP contribution < -0.4 is 4.74 Å². The Morgan fingerprint density at radius 2 is 1.48 bits per heavy atom. The molecule has 0 bridgehead atoms. The molecule has 0 unspecified atom stereocenters. The maximum Gasteiger partial charge on any atom is 0.573 e. The van der Waals surface area contributed by atoms with E-state index in [0.29, 0.717) is 5.92 Å². The number of hydrogen-bond acceptors (Lipinski definition) is 1. The van der Waals surface area contributed by atoms with E-state index in [9.17, 15) is 22.0 Å². The van der Waals surface area contributed by atoms with Crippen LogP contribution in [0.4, 0.5) is 22.0 Å². The Labute approximate surface area is 167 Å². The van der Waals surface area contributed by atoms with Crippen LogP contribution in [0.5, 0.6) is 5.75 Å². The van der Waals surface area contributed by atoms with Crippen LogP contribution in [0.1, 0.15) is 68.1 Å². The molecule has 1 aliphatic rings. The van der Waals surface area contributed by atoms with Gasteiger partial charge in [-0.2, -0.15) is 0 Å². The minimum atomic E-state index is -5.14. The van der Waals surface area contributed by atoms with Crippen molar-refractivity contribution in [3.63, 3.8) is 0 Å². The lowest BCUT2D eigenvalue weighted by Gasteiger charge is -2.28. The van der Waals surface area contributed by atoms with Gasteiger partial charge in [0.1, 0.15) is 0 Å². The van der Waals surface area contributed by atoms with E-state index in [0.717, 1.165) is 23.6 Å². The van der Waals surface area contributed by atoms with Crippen LogP contribution in [0.2, 0.25) is 0 Å². The van der Waals surface area contributed by atoms with E-state index in [4.69, 9.17) is 0 Å². The van der Waals surface area contributed by atoms with E-state index in [1.54, 1.807) is 0 Å². The topological polar surface area (TPSA) is 9.23 Å². The fraction of sp³-hybridized carbons (Fsp3) is 0.478. The van der Waals surface area contributed by atoms with Crippen molar-refractivity contribution in [1.82, 2.24) is 0 Å². The van der Waals surface area contributed by atoms with Gasteiger partial charge < -0.3 is 4.74 Å². The minimum Gasteiger partial charge on any atom is -0.399 e. The minimum absolute atomic E-state index is 0.226. The van der Waals surface area contributed by atoms with Gasteiger partial charge in [-0.25, -0.2) is 8.78 Å². The van der Waals surface area contributed by atoms with Gasteiger partial charge in [0.05, 0.1) is 0 Å². The maximum atomic E-state index is 13.9. The van der Waals surface area contributed by atoms with Gasteiger partial charge >= 0.3 is 6.36 Å². The van der Waals surface area contributed by atoms with E-state index in [-0.39, 0.29) is 12.0 Å². The molecule has 3 rings (SSSR count). The van der Waals surface area contributed by atoms with Gasteiger partial charge in [0, 0.05) is 0 Å². The van der Waals surface area contributed by atoms with Gasteiger partial charge in [-0.1, -0.05) is 44.0 Å².